The molecule has 1 heterocycles. The minimum absolute atomic E-state index is 0.0178. The Labute approximate surface area is 96.1 Å². The van der Waals surface area contributed by atoms with Crippen molar-refractivity contribution in [1.29, 1.82) is 0 Å². The molecule has 0 amide bonds. The van der Waals surface area contributed by atoms with E-state index >= 15 is 0 Å². The van der Waals surface area contributed by atoms with Crippen molar-refractivity contribution in [3.8, 4) is 0 Å². The Kier molecular flexibility index (Phi) is 3.31. The van der Waals surface area contributed by atoms with Gasteiger partial charge in [0.2, 0.25) is 0 Å². The number of halogens is 3. The van der Waals surface area contributed by atoms with Crippen LogP contribution in [0, 0.1) is 5.92 Å². The van der Waals surface area contributed by atoms with Gasteiger partial charge in [0.25, 0.3) is 0 Å². The number of rotatable bonds is 2. The summed E-state index contributed by atoms with van der Waals surface area (Å²) < 4.78 is 40.2. The van der Waals surface area contributed by atoms with Gasteiger partial charge in [0.15, 0.2) is 0 Å². The Bertz CT molecular complexity index is 308. The molecule has 4 atom stereocenters. The highest BCUT2D eigenvalue weighted by Crippen LogP contribution is 2.36. The normalized spacial score (nSPS) is 37.8. The van der Waals surface area contributed by atoms with Crippen LogP contribution in [0.4, 0.5) is 13.2 Å². The third-order valence-corrected chi connectivity index (χ3v) is 3.49. The summed E-state index contributed by atoms with van der Waals surface area (Å²) in [6.45, 7) is 0. The van der Waals surface area contributed by atoms with Gasteiger partial charge in [-0.2, -0.15) is 0 Å². The fraction of sp³-hybridized carbons (Fsp3) is 0.900. The molecule has 0 aromatic rings. The number of nitrogens with one attached hydrogen (secondary N) is 1. The zero-order valence-electron chi connectivity index (χ0n) is 9.04. The van der Waals surface area contributed by atoms with Gasteiger partial charge in [0, 0.05) is 6.04 Å². The molecule has 0 aromatic carbocycles. The molecule has 2 aliphatic rings. The van der Waals surface area contributed by atoms with Crippen molar-refractivity contribution in [3.05, 3.63) is 0 Å². The van der Waals surface area contributed by atoms with E-state index in [4.69, 9.17) is 5.11 Å². The maximum Gasteiger partial charge on any atom is 0.522 e. The lowest BCUT2D eigenvalue weighted by Crippen LogP contribution is -2.40. The molecule has 2 rings (SSSR count). The van der Waals surface area contributed by atoms with Crippen molar-refractivity contribution >= 4 is 5.97 Å². The highest BCUT2D eigenvalue weighted by molar-refractivity contribution is 5.74. The van der Waals surface area contributed by atoms with E-state index in [0.717, 1.165) is 0 Å². The second-order valence-electron chi connectivity index (χ2n) is 4.66. The van der Waals surface area contributed by atoms with Crippen molar-refractivity contribution in [2.75, 3.05) is 0 Å². The Hall–Kier alpha value is -0.820. The van der Waals surface area contributed by atoms with E-state index in [-0.39, 0.29) is 18.4 Å². The smallest absolute Gasteiger partial charge is 0.480 e. The second kappa shape index (κ2) is 4.45. The van der Waals surface area contributed by atoms with E-state index in [0.29, 0.717) is 19.3 Å². The molecule has 2 N–H and O–H groups in total. The quantitative estimate of drug-likeness (QED) is 0.783. The maximum absolute atomic E-state index is 12.1. The largest absolute Gasteiger partial charge is 0.522 e. The fourth-order valence-corrected chi connectivity index (χ4v) is 2.80. The number of alkyl halides is 3. The Morgan fingerprint density at radius 2 is 2.00 bits per heavy atom. The first-order chi connectivity index (χ1) is 7.85. The van der Waals surface area contributed by atoms with Gasteiger partial charge >= 0.3 is 12.3 Å². The van der Waals surface area contributed by atoms with Crippen LogP contribution in [0.2, 0.25) is 0 Å². The van der Waals surface area contributed by atoms with Crippen molar-refractivity contribution < 1.29 is 27.8 Å². The lowest BCUT2D eigenvalue weighted by Gasteiger charge is -2.31. The molecule has 1 aliphatic heterocycles. The SMILES string of the molecule is O=C(O)C1CC2CC(OC(F)(F)F)CCC2N1. The molecule has 0 radical (unpaired) electrons. The van der Waals surface area contributed by atoms with Gasteiger partial charge < -0.3 is 10.4 Å². The van der Waals surface area contributed by atoms with E-state index < -0.39 is 24.5 Å². The van der Waals surface area contributed by atoms with E-state index in [1.165, 1.54) is 0 Å². The molecule has 4 unspecified atom stereocenters. The Balaban J connectivity index is 1.90. The van der Waals surface area contributed by atoms with Gasteiger partial charge in [-0.1, -0.05) is 0 Å². The summed E-state index contributed by atoms with van der Waals surface area (Å²) in [7, 11) is 0. The van der Waals surface area contributed by atoms with Gasteiger partial charge in [0.1, 0.15) is 6.04 Å². The monoisotopic (exact) mass is 253 g/mol. The van der Waals surface area contributed by atoms with Crippen LogP contribution in [0.1, 0.15) is 25.7 Å². The molecule has 1 saturated heterocycles. The van der Waals surface area contributed by atoms with Crippen LogP contribution in [-0.2, 0) is 9.53 Å². The van der Waals surface area contributed by atoms with Gasteiger partial charge in [-0.25, -0.2) is 0 Å². The average Bonchev–Trinajstić information content (AvgIpc) is 2.57. The van der Waals surface area contributed by atoms with E-state index in [1.807, 2.05) is 0 Å². The van der Waals surface area contributed by atoms with Crippen LogP contribution in [0.5, 0.6) is 0 Å². The molecule has 0 aromatic heterocycles. The number of carboxylic acids is 1. The number of hydrogen-bond donors (Lipinski definition) is 2. The topological polar surface area (TPSA) is 58.6 Å². The number of aliphatic carboxylic acids is 1. The van der Waals surface area contributed by atoms with E-state index in [9.17, 15) is 18.0 Å². The van der Waals surface area contributed by atoms with Crippen molar-refractivity contribution in [2.24, 2.45) is 5.92 Å². The lowest BCUT2D eigenvalue weighted by atomic mass is 9.83. The second-order valence-corrected chi connectivity index (χ2v) is 4.66. The van der Waals surface area contributed by atoms with Crippen LogP contribution < -0.4 is 5.32 Å². The van der Waals surface area contributed by atoms with E-state index in [1.54, 1.807) is 0 Å². The summed E-state index contributed by atoms with van der Waals surface area (Å²) in [5.41, 5.74) is 0. The highest BCUT2D eigenvalue weighted by Gasteiger charge is 2.43. The number of hydrogen-bond acceptors (Lipinski definition) is 3. The third-order valence-electron chi connectivity index (χ3n) is 3.49. The van der Waals surface area contributed by atoms with E-state index in [2.05, 4.69) is 10.1 Å². The summed E-state index contributed by atoms with van der Waals surface area (Å²) in [4.78, 5) is 10.8. The molecular weight excluding hydrogens is 239 g/mol. The predicted molar refractivity (Wildman–Crippen MR) is 51.2 cm³/mol. The molecular formula is C10H14F3NO3. The minimum atomic E-state index is -4.60. The van der Waals surface area contributed by atoms with Gasteiger partial charge in [-0.15, -0.1) is 13.2 Å². The number of carbonyl (C=O) groups is 1. The summed E-state index contributed by atoms with van der Waals surface area (Å²) in [5.74, 6) is -0.968. The molecule has 98 valence electrons. The number of carboxylic acid groups (broad SMARTS) is 1. The molecule has 1 aliphatic carbocycles. The summed E-state index contributed by atoms with van der Waals surface area (Å²) in [6.07, 6.45) is -3.91. The van der Waals surface area contributed by atoms with Crippen molar-refractivity contribution in [2.45, 2.75) is 50.2 Å². The summed E-state index contributed by atoms with van der Waals surface area (Å²) >= 11 is 0. The molecule has 2 fully saturated rings. The van der Waals surface area contributed by atoms with Crippen LogP contribution in [-0.4, -0.2) is 35.6 Å². The highest BCUT2D eigenvalue weighted by atomic mass is 19.4. The molecule has 0 bridgehead atoms. The maximum atomic E-state index is 12.1. The Morgan fingerprint density at radius 1 is 1.29 bits per heavy atom. The lowest BCUT2D eigenvalue weighted by molar-refractivity contribution is -0.346. The van der Waals surface area contributed by atoms with Gasteiger partial charge in [-0.3, -0.25) is 9.53 Å². The van der Waals surface area contributed by atoms with Crippen LogP contribution >= 0.6 is 0 Å². The molecule has 4 nitrogen and oxygen atoms in total. The van der Waals surface area contributed by atoms with Crippen LogP contribution in [0.3, 0.4) is 0 Å². The van der Waals surface area contributed by atoms with Crippen molar-refractivity contribution in [3.63, 3.8) is 0 Å². The van der Waals surface area contributed by atoms with Gasteiger partial charge in [0.05, 0.1) is 6.10 Å². The zero-order chi connectivity index (χ0) is 12.6. The predicted octanol–water partition coefficient (Wildman–Crippen LogP) is 1.51. The first kappa shape index (κ1) is 12.6. The molecule has 1 saturated carbocycles. The average molecular weight is 253 g/mol. The number of fused-ring (bicyclic) bond motifs is 1. The first-order valence-electron chi connectivity index (χ1n) is 5.58. The van der Waals surface area contributed by atoms with Crippen LogP contribution in [0.15, 0.2) is 0 Å². The zero-order valence-corrected chi connectivity index (χ0v) is 9.04. The van der Waals surface area contributed by atoms with Crippen molar-refractivity contribution in [1.82, 2.24) is 5.32 Å². The standard InChI is InChI=1S/C10H14F3NO3/c11-10(12,13)17-6-1-2-7-5(3-6)4-8(14-7)9(15)16/h5-8,14H,1-4H2,(H,15,16). The van der Waals surface area contributed by atoms with Gasteiger partial charge in [-0.05, 0) is 31.6 Å². The molecule has 17 heavy (non-hydrogen) atoms. The number of ether oxygens (including phenoxy) is 1. The molecule has 0 spiro atoms. The Morgan fingerprint density at radius 3 is 2.59 bits per heavy atom. The fourth-order valence-electron chi connectivity index (χ4n) is 2.80. The summed E-state index contributed by atoms with van der Waals surface area (Å²) in [5, 5.41) is 11.8. The third kappa shape index (κ3) is 3.10. The molecule has 7 heteroatoms. The first-order valence-corrected chi connectivity index (χ1v) is 5.58. The minimum Gasteiger partial charge on any atom is -0.480 e. The van der Waals surface area contributed by atoms with Crippen LogP contribution in [0.25, 0.3) is 0 Å². The summed E-state index contributed by atoms with van der Waals surface area (Å²) in [6, 6.07) is -0.612.